The average molecular weight is 390 g/mol. The highest BCUT2D eigenvalue weighted by Crippen LogP contribution is 2.33. The van der Waals surface area contributed by atoms with Crippen molar-refractivity contribution < 1.29 is 9.90 Å². The van der Waals surface area contributed by atoms with Gasteiger partial charge in [-0.25, -0.2) is 14.7 Å². The van der Waals surface area contributed by atoms with Gasteiger partial charge in [0.2, 0.25) is 11.6 Å². The molecule has 1 amide bonds. The van der Waals surface area contributed by atoms with E-state index in [0.29, 0.717) is 18.0 Å². The van der Waals surface area contributed by atoms with Crippen LogP contribution in [0, 0.1) is 0 Å². The molecule has 4 rings (SSSR count). The quantitative estimate of drug-likeness (QED) is 0.546. The summed E-state index contributed by atoms with van der Waals surface area (Å²) in [6.07, 6.45) is 2.25. The van der Waals surface area contributed by atoms with Gasteiger partial charge in [-0.15, -0.1) is 10.2 Å². The maximum absolute atomic E-state index is 11.7. The number of fused-ring (bicyclic) bond motifs is 2. The summed E-state index contributed by atoms with van der Waals surface area (Å²) in [5, 5.41) is 20.3. The monoisotopic (exact) mass is 390 g/mol. The van der Waals surface area contributed by atoms with Crippen molar-refractivity contribution in [2.75, 3.05) is 16.3 Å². The van der Waals surface area contributed by atoms with E-state index in [1.165, 1.54) is 4.90 Å². The van der Waals surface area contributed by atoms with Gasteiger partial charge in [0.15, 0.2) is 5.82 Å². The zero-order valence-electron chi connectivity index (χ0n) is 16.5. The van der Waals surface area contributed by atoms with Gasteiger partial charge in [0.25, 0.3) is 0 Å². The molecule has 2 aromatic carbocycles. The standard InChI is InChI=1S/C21H22N6O2/c1-4-25(17-11-7-9-15-8-5-6-10-16(15)17)18-19-23-24-20(26(19)13-12-22-18)27(14(2)3)21(28)29/h5-14H,4H2,1-3H3,(H,28,29). The zero-order chi connectivity index (χ0) is 20.5. The number of carbonyl (C=O) groups is 1. The Kier molecular flexibility index (Phi) is 4.75. The van der Waals surface area contributed by atoms with Crippen LogP contribution >= 0.6 is 0 Å². The Morgan fingerprint density at radius 1 is 1.14 bits per heavy atom. The van der Waals surface area contributed by atoms with Crippen LogP contribution in [0.4, 0.5) is 22.2 Å². The first-order valence-corrected chi connectivity index (χ1v) is 9.50. The molecule has 0 aliphatic carbocycles. The van der Waals surface area contributed by atoms with Gasteiger partial charge in [-0.1, -0.05) is 36.4 Å². The molecule has 2 heterocycles. The van der Waals surface area contributed by atoms with Crippen LogP contribution in [0.25, 0.3) is 16.4 Å². The van der Waals surface area contributed by atoms with E-state index < -0.39 is 6.09 Å². The summed E-state index contributed by atoms with van der Waals surface area (Å²) in [5.74, 6) is 0.874. The Labute approximate surface area is 168 Å². The fourth-order valence-electron chi connectivity index (χ4n) is 3.57. The van der Waals surface area contributed by atoms with Gasteiger partial charge in [-0.2, -0.15) is 0 Å². The SMILES string of the molecule is CCN(c1cccc2ccccc12)c1nccn2c(N(C(=O)O)C(C)C)nnc12. The molecule has 1 N–H and O–H groups in total. The van der Waals surface area contributed by atoms with Crippen molar-refractivity contribution in [2.45, 2.75) is 26.8 Å². The molecule has 0 saturated carbocycles. The Morgan fingerprint density at radius 3 is 2.62 bits per heavy atom. The van der Waals surface area contributed by atoms with E-state index in [-0.39, 0.29) is 12.0 Å². The third-order valence-corrected chi connectivity index (χ3v) is 4.86. The molecule has 0 fully saturated rings. The van der Waals surface area contributed by atoms with Gasteiger partial charge in [0, 0.05) is 30.4 Å². The van der Waals surface area contributed by atoms with E-state index in [1.54, 1.807) is 30.6 Å². The summed E-state index contributed by atoms with van der Waals surface area (Å²) in [5.41, 5.74) is 1.51. The van der Waals surface area contributed by atoms with Crippen molar-refractivity contribution in [3.63, 3.8) is 0 Å². The third-order valence-electron chi connectivity index (χ3n) is 4.86. The Bertz CT molecular complexity index is 1180. The summed E-state index contributed by atoms with van der Waals surface area (Å²) >= 11 is 0. The highest BCUT2D eigenvalue weighted by Gasteiger charge is 2.25. The van der Waals surface area contributed by atoms with Crippen molar-refractivity contribution in [1.82, 2.24) is 19.6 Å². The summed E-state index contributed by atoms with van der Waals surface area (Å²) < 4.78 is 1.67. The second-order valence-electron chi connectivity index (χ2n) is 6.93. The molecule has 8 nitrogen and oxygen atoms in total. The lowest BCUT2D eigenvalue weighted by Gasteiger charge is -2.24. The van der Waals surface area contributed by atoms with Crippen LogP contribution < -0.4 is 9.80 Å². The molecule has 0 aliphatic rings. The van der Waals surface area contributed by atoms with Crippen LogP contribution in [0.15, 0.2) is 54.9 Å². The second kappa shape index (κ2) is 7.38. The average Bonchev–Trinajstić information content (AvgIpc) is 3.13. The number of amides is 1. The fourth-order valence-corrected chi connectivity index (χ4v) is 3.57. The van der Waals surface area contributed by atoms with Gasteiger partial charge in [0.1, 0.15) is 0 Å². The molecule has 29 heavy (non-hydrogen) atoms. The van der Waals surface area contributed by atoms with Crippen LogP contribution in [0.3, 0.4) is 0 Å². The van der Waals surface area contributed by atoms with Crippen LogP contribution in [0.1, 0.15) is 20.8 Å². The lowest BCUT2D eigenvalue weighted by molar-refractivity contribution is 0.199. The van der Waals surface area contributed by atoms with E-state index in [9.17, 15) is 9.90 Å². The number of carboxylic acid groups (broad SMARTS) is 1. The summed E-state index contributed by atoms with van der Waals surface area (Å²) in [7, 11) is 0. The largest absolute Gasteiger partial charge is 0.465 e. The Balaban J connectivity index is 1.90. The minimum absolute atomic E-state index is 0.250. The highest BCUT2D eigenvalue weighted by molar-refractivity contribution is 5.97. The van der Waals surface area contributed by atoms with Gasteiger partial charge in [-0.05, 0) is 32.2 Å². The van der Waals surface area contributed by atoms with Crippen molar-refractivity contribution >= 4 is 40.0 Å². The van der Waals surface area contributed by atoms with Crippen molar-refractivity contribution in [2.24, 2.45) is 0 Å². The molecule has 0 bridgehead atoms. The van der Waals surface area contributed by atoms with Gasteiger partial charge in [-0.3, -0.25) is 4.40 Å². The maximum atomic E-state index is 11.7. The smallest absolute Gasteiger partial charge is 0.414 e. The number of hydrogen-bond donors (Lipinski definition) is 1. The molecule has 0 aliphatic heterocycles. The van der Waals surface area contributed by atoms with E-state index >= 15 is 0 Å². The van der Waals surface area contributed by atoms with E-state index in [4.69, 9.17) is 0 Å². The topological polar surface area (TPSA) is 86.9 Å². The maximum Gasteiger partial charge on any atom is 0.414 e. The van der Waals surface area contributed by atoms with Crippen molar-refractivity contribution in [3.8, 4) is 0 Å². The number of rotatable bonds is 5. The number of anilines is 3. The van der Waals surface area contributed by atoms with Crippen LogP contribution in [-0.4, -0.2) is 43.4 Å². The predicted octanol–water partition coefficient (Wildman–Crippen LogP) is 4.33. The molecule has 0 unspecified atom stereocenters. The van der Waals surface area contributed by atoms with E-state index in [2.05, 4.69) is 38.3 Å². The first-order valence-electron chi connectivity index (χ1n) is 9.50. The highest BCUT2D eigenvalue weighted by atomic mass is 16.4. The first kappa shape index (κ1) is 18.7. The summed E-state index contributed by atoms with van der Waals surface area (Å²) in [4.78, 5) is 19.6. The predicted molar refractivity (Wildman–Crippen MR) is 113 cm³/mol. The van der Waals surface area contributed by atoms with Crippen LogP contribution in [-0.2, 0) is 0 Å². The zero-order valence-corrected chi connectivity index (χ0v) is 16.5. The minimum Gasteiger partial charge on any atom is -0.465 e. The first-order chi connectivity index (χ1) is 14.0. The molecule has 8 heteroatoms. The number of hydrogen-bond acceptors (Lipinski definition) is 5. The normalized spacial score (nSPS) is 11.3. The Hall–Kier alpha value is -3.68. The van der Waals surface area contributed by atoms with Crippen molar-refractivity contribution in [3.05, 3.63) is 54.9 Å². The lowest BCUT2D eigenvalue weighted by Crippen LogP contribution is -2.37. The molecular weight excluding hydrogens is 368 g/mol. The number of nitrogens with zero attached hydrogens (tertiary/aromatic N) is 6. The van der Waals surface area contributed by atoms with E-state index in [1.807, 2.05) is 31.2 Å². The second-order valence-corrected chi connectivity index (χ2v) is 6.93. The molecule has 0 spiro atoms. The third kappa shape index (κ3) is 3.12. The molecular formula is C21H22N6O2. The molecule has 4 aromatic rings. The van der Waals surface area contributed by atoms with Gasteiger partial charge in [0.05, 0.1) is 5.69 Å². The van der Waals surface area contributed by atoms with Gasteiger partial charge >= 0.3 is 6.09 Å². The molecule has 0 atom stereocenters. The van der Waals surface area contributed by atoms with Crippen LogP contribution in [0.2, 0.25) is 0 Å². The van der Waals surface area contributed by atoms with Gasteiger partial charge < -0.3 is 10.0 Å². The molecule has 148 valence electrons. The minimum atomic E-state index is -1.07. The summed E-state index contributed by atoms with van der Waals surface area (Å²) in [6.45, 7) is 6.30. The molecule has 2 aromatic heterocycles. The molecule has 0 radical (unpaired) electrons. The number of aromatic nitrogens is 4. The number of benzene rings is 2. The molecule has 0 saturated heterocycles. The summed E-state index contributed by atoms with van der Waals surface area (Å²) in [6, 6.07) is 14.0. The fraction of sp³-hybridized carbons (Fsp3) is 0.238. The van der Waals surface area contributed by atoms with Crippen molar-refractivity contribution in [1.29, 1.82) is 0 Å². The van der Waals surface area contributed by atoms with Crippen LogP contribution in [0.5, 0.6) is 0 Å². The van der Waals surface area contributed by atoms with E-state index in [0.717, 1.165) is 16.5 Å². The lowest BCUT2D eigenvalue weighted by atomic mass is 10.1. The Morgan fingerprint density at radius 2 is 1.90 bits per heavy atom.